The van der Waals surface area contributed by atoms with Gasteiger partial charge in [-0.25, -0.2) is 8.78 Å². The lowest BCUT2D eigenvalue weighted by Crippen LogP contribution is -2.48. The van der Waals surface area contributed by atoms with Crippen molar-refractivity contribution < 1.29 is 37.3 Å². The Morgan fingerprint density at radius 1 is 0.707 bits per heavy atom. The Balaban J connectivity index is 0.851. The second-order valence-electron chi connectivity index (χ2n) is 16.1. The number of nitrogens with zero attached hydrogens (tertiary/aromatic N) is 2. The Morgan fingerprint density at radius 2 is 1.26 bits per heavy atom. The maximum absolute atomic E-state index is 14.0. The summed E-state index contributed by atoms with van der Waals surface area (Å²) in [5.41, 5.74) is 5.49. The number of likely N-dealkylation sites (N-methyl/N-ethyl adjacent to an activating group) is 1. The second kappa shape index (κ2) is 16.3. The molecule has 3 heterocycles. The number of hydrogen-bond acceptors (Lipinski definition) is 7. The highest BCUT2D eigenvalue weighted by molar-refractivity contribution is 6.07. The van der Waals surface area contributed by atoms with Gasteiger partial charge >= 0.3 is 0 Å². The molecule has 4 aromatic rings. The third kappa shape index (κ3) is 8.32. The molecule has 1 saturated heterocycles. The van der Waals surface area contributed by atoms with E-state index in [1.54, 1.807) is 24.3 Å². The van der Waals surface area contributed by atoms with E-state index in [4.69, 9.17) is 18.9 Å². The van der Waals surface area contributed by atoms with E-state index in [0.29, 0.717) is 84.7 Å². The van der Waals surface area contributed by atoms with Gasteiger partial charge in [0.25, 0.3) is 11.8 Å². The standard InChI is InChI=1S/C47H47F2N3O6/c1-51-18-20-52(21-19-51)47(54)41-28-58-43-15-13-37(24-39(43)45(41)31-6-10-35(49)11-7-31)56-26-33-22-32(33)16-17-50-46(53)40-27-57-42-14-12-36(55-25-29-2-3-29)23-38(42)44(40)30-4-8-34(48)9-5-30/h4-15,23-24,29,32-33H,2-3,16-22,25-28H2,1H3,(H,50,53). The normalized spacial score (nSPS) is 20.1. The molecule has 11 heteroatoms. The average Bonchev–Trinajstić information content (AvgIpc) is 4.19. The molecule has 0 radical (unpaired) electrons. The van der Waals surface area contributed by atoms with Crippen molar-refractivity contribution in [2.75, 3.05) is 66.2 Å². The molecule has 1 N–H and O–H groups in total. The van der Waals surface area contributed by atoms with Crippen LogP contribution < -0.4 is 24.3 Å². The van der Waals surface area contributed by atoms with Gasteiger partial charge in [0.05, 0.1) is 24.4 Å². The molecular formula is C47H47F2N3O6. The minimum atomic E-state index is -0.346. The molecule has 2 unspecified atom stereocenters. The van der Waals surface area contributed by atoms with E-state index < -0.39 is 0 Å². The predicted molar refractivity (Wildman–Crippen MR) is 216 cm³/mol. The Hall–Kier alpha value is -5.68. The van der Waals surface area contributed by atoms with Crippen LogP contribution in [0.2, 0.25) is 0 Å². The molecular weight excluding hydrogens is 741 g/mol. The number of carbonyl (C=O) groups is 2. The Kier molecular flexibility index (Phi) is 10.6. The van der Waals surface area contributed by atoms with Gasteiger partial charge in [-0.15, -0.1) is 0 Å². The second-order valence-corrected chi connectivity index (χ2v) is 16.1. The molecule has 0 aromatic heterocycles. The van der Waals surface area contributed by atoms with Crippen molar-refractivity contribution in [2.24, 2.45) is 17.8 Å². The van der Waals surface area contributed by atoms with E-state index in [-0.39, 0.29) is 36.7 Å². The lowest BCUT2D eigenvalue weighted by Gasteiger charge is -2.34. The van der Waals surface area contributed by atoms with Crippen LogP contribution in [0, 0.1) is 29.4 Å². The van der Waals surface area contributed by atoms with E-state index in [9.17, 15) is 18.4 Å². The summed E-state index contributed by atoms with van der Waals surface area (Å²) in [6.07, 6.45) is 4.14. The van der Waals surface area contributed by atoms with Crippen molar-refractivity contribution in [1.29, 1.82) is 0 Å². The SMILES string of the molecule is CN1CCN(C(=O)C2=C(c3ccc(F)cc3)c3cc(OCC4CC4CCNC(=O)C4=C(c5ccc(F)cc5)c5cc(OCC6CC6)ccc5OC4)ccc3OC2)CC1. The zero-order valence-electron chi connectivity index (χ0n) is 32.6. The molecule has 2 saturated carbocycles. The van der Waals surface area contributed by atoms with Gasteiger partial charge < -0.3 is 34.1 Å². The number of hydrogen-bond donors (Lipinski definition) is 1. The summed E-state index contributed by atoms with van der Waals surface area (Å²) in [7, 11) is 2.05. The quantitative estimate of drug-likeness (QED) is 0.154. The Morgan fingerprint density at radius 3 is 1.84 bits per heavy atom. The minimum Gasteiger partial charge on any atom is -0.493 e. The van der Waals surface area contributed by atoms with Crippen LogP contribution in [0.15, 0.2) is 96.1 Å². The first kappa shape index (κ1) is 37.9. The summed E-state index contributed by atoms with van der Waals surface area (Å²) in [6.45, 7) is 4.75. The Labute approximate surface area is 337 Å². The van der Waals surface area contributed by atoms with Crippen LogP contribution in [0.4, 0.5) is 8.78 Å². The van der Waals surface area contributed by atoms with Crippen LogP contribution >= 0.6 is 0 Å². The third-order valence-electron chi connectivity index (χ3n) is 11.9. The smallest absolute Gasteiger partial charge is 0.253 e. The molecule has 4 aromatic carbocycles. The maximum atomic E-state index is 14.0. The number of piperazine rings is 1. The summed E-state index contributed by atoms with van der Waals surface area (Å²) in [6, 6.07) is 23.8. The van der Waals surface area contributed by atoms with Gasteiger partial charge in [0.15, 0.2) is 0 Å². The molecule has 58 heavy (non-hydrogen) atoms. The highest BCUT2D eigenvalue weighted by Gasteiger charge is 2.38. The first-order chi connectivity index (χ1) is 28.3. The van der Waals surface area contributed by atoms with Crippen LogP contribution in [0.25, 0.3) is 11.1 Å². The van der Waals surface area contributed by atoms with Gasteiger partial charge in [0, 0.05) is 55.0 Å². The van der Waals surface area contributed by atoms with Crippen molar-refractivity contribution in [3.63, 3.8) is 0 Å². The fourth-order valence-electron chi connectivity index (χ4n) is 8.10. The molecule has 300 valence electrons. The molecule has 9 rings (SSSR count). The molecule has 3 aliphatic heterocycles. The van der Waals surface area contributed by atoms with Gasteiger partial charge in [-0.2, -0.15) is 0 Å². The molecule has 9 nitrogen and oxygen atoms in total. The van der Waals surface area contributed by atoms with Crippen LogP contribution in [0.3, 0.4) is 0 Å². The van der Waals surface area contributed by atoms with Crippen LogP contribution in [-0.2, 0) is 9.59 Å². The van der Waals surface area contributed by atoms with Crippen molar-refractivity contribution in [1.82, 2.24) is 15.1 Å². The van der Waals surface area contributed by atoms with E-state index in [1.165, 1.54) is 37.1 Å². The lowest BCUT2D eigenvalue weighted by atomic mass is 9.90. The van der Waals surface area contributed by atoms with Crippen LogP contribution in [-0.4, -0.2) is 87.8 Å². The van der Waals surface area contributed by atoms with Gasteiger partial charge in [0.2, 0.25) is 0 Å². The fourth-order valence-corrected chi connectivity index (χ4v) is 8.10. The van der Waals surface area contributed by atoms with E-state index in [1.807, 2.05) is 48.3 Å². The van der Waals surface area contributed by atoms with E-state index >= 15 is 0 Å². The lowest BCUT2D eigenvalue weighted by molar-refractivity contribution is -0.129. The summed E-state index contributed by atoms with van der Waals surface area (Å²) in [5, 5.41) is 3.12. The van der Waals surface area contributed by atoms with Gasteiger partial charge in [-0.3, -0.25) is 9.59 Å². The minimum absolute atomic E-state index is 0.0658. The van der Waals surface area contributed by atoms with Gasteiger partial charge in [-0.05, 0) is 122 Å². The molecule has 3 fully saturated rings. The van der Waals surface area contributed by atoms with Gasteiger partial charge in [0.1, 0.15) is 47.8 Å². The van der Waals surface area contributed by atoms with Crippen LogP contribution in [0.5, 0.6) is 23.0 Å². The van der Waals surface area contributed by atoms with Gasteiger partial charge in [-0.1, -0.05) is 24.3 Å². The zero-order valence-corrected chi connectivity index (χ0v) is 32.6. The number of benzene rings is 4. The van der Waals surface area contributed by atoms with Crippen molar-refractivity contribution >= 4 is 23.0 Å². The number of ether oxygens (including phenoxy) is 4. The topological polar surface area (TPSA) is 89.6 Å². The molecule has 2 aliphatic carbocycles. The van der Waals surface area contributed by atoms with Crippen LogP contribution in [0.1, 0.15) is 47.9 Å². The molecule has 5 aliphatic rings. The maximum Gasteiger partial charge on any atom is 0.253 e. The number of nitrogens with one attached hydrogen (secondary N) is 1. The fraction of sp³-hybridized carbons (Fsp3) is 0.362. The van der Waals surface area contributed by atoms with E-state index in [2.05, 4.69) is 10.2 Å². The van der Waals surface area contributed by atoms with Crippen molar-refractivity contribution in [2.45, 2.75) is 25.7 Å². The molecule has 2 atom stereocenters. The molecule has 2 amide bonds. The number of fused-ring (bicyclic) bond motifs is 2. The first-order valence-corrected chi connectivity index (χ1v) is 20.3. The summed E-state index contributed by atoms with van der Waals surface area (Å²) < 4.78 is 52.6. The predicted octanol–water partition coefficient (Wildman–Crippen LogP) is 7.14. The number of carbonyl (C=O) groups excluding carboxylic acids is 2. The number of amides is 2. The first-order valence-electron chi connectivity index (χ1n) is 20.3. The summed E-state index contributed by atoms with van der Waals surface area (Å²) in [4.78, 5) is 31.7. The van der Waals surface area contributed by atoms with Crippen molar-refractivity contribution in [3.05, 3.63) is 130 Å². The molecule has 0 bridgehead atoms. The molecule has 0 spiro atoms. The zero-order chi connectivity index (χ0) is 39.8. The highest BCUT2D eigenvalue weighted by atomic mass is 19.1. The largest absolute Gasteiger partial charge is 0.493 e. The summed E-state index contributed by atoms with van der Waals surface area (Å²) >= 11 is 0. The summed E-state index contributed by atoms with van der Waals surface area (Å²) in [5.74, 6) is 3.03. The van der Waals surface area contributed by atoms with E-state index in [0.717, 1.165) is 59.3 Å². The average molecular weight is 788 g/mol. The monoisotopic (exact) mass is 787 g/mol. The highest BCUT2D eigenvalue weighted by Crippen LogP contribution is 2.44. The number of rotatable bonds is 13. The third-order valence-corrected chi connectivity index (χ3v) is 11.9. The Bertz CT molecular complexity index is 2260. The number of halogens is 2. The van der Waals surface area contributed by atoms with Crippen molar-refractivity contribution in [3.8, 4) is 23.0 Å².